The van der Waals surface area contributed by atoms with Crippen LogP contribution in [0.4, 0.5) is 10.5 Å². The summed E-state index contributed by atoms with van der Waals surface area (Å²) >= 11 is 0. The van der Waals surface area contributed by atoms with E-state index in [0.717, 1.165) is 5.56 Å². The first kappa shape index (κ1) is 17.2. The van der Waals surface area contributed by atoms with Crippen LogP contribution in [0, 0.1) is 5.92 Å². The van der Waals surface area contributed by atoms with Crippen molar-refractivity contribution in [3.63, 3.8) is 0 Å². The molecule has 0 aliphatic heterocycles. The van der Waals surface area contributed by atoms with Gasteiger partial charge in [0.25, 0.3) is 0 Å². The fraction of sp³-hybridized carbons (Fsp3) is 0.333. The van der Waals surface area contributed by atoms with Gasteiger partial charge in [-0.15, -0.1) is 12.4 Å². The van der Waals surface area contributed by atoms with Crippen LogP contribution in [0.3, 0.4) is 0 Å². The standard InChI is InChI=1S/C12H18N4O2.ClH/c1-8(6-13)11(17)15-7-9-3-2-4-10(5-9)16-12(14)18;/h2-5,8H,6-7,13H2,1H3,(H,15,17)(H3,14,16,18);1H. The Morgan fingerprint density at radius 3 is 2.63 bits per heavy atom. The number of rotatable bonds is 5. The van der Waals surface area contributed by atoms with Gasteiger partial charge in [-0.25, -0.2) is 4.79 Å². The summed E-state index contributed by atoms with van der Waals surface area (Å²) in [6.07, 6.45) is 0. The molecule has 0 bridgehead atoms. The monoisotopic (exact) mass is 286 g/mol. The van der Waals surface area contributed by atoms with Crippen LogP contribution in [0.15, 0.2) is 24.3 Å². The molecule has 3 amide bonds. The quantitative estimate of drug-likeness (QED) is 0.643. The first-order valence-electron chi connectivity index (χ1n) is 5.66. The zero-order chi connectivity index (χ0) is 13.5. The number of benzene rings is 1. The fourth-order valence-electron chi connectivity index (χ4n) is 1.37. The summed E-state index contributed by atoms with van der Waals surface area (Å²) in [5.41, 5.74) is 11.9. The molecule has 0 fully saturated rings. The number of primary amides is 1. The van der Waals surface area contributed by atoms with Crippen molar-refractivity contribution in [1.29, 1.82) is 0 Å². The fourth-order valence-corrected chi connectivity index (χ4v) is 1.37. The van der Waals surface area contributed by atoms with Crippen LogP contribution in [0.25, 0.3) is 0 Å². The van der Waals surface area contributed by atoms with Gasteiger partial charge >= 0.3 is 6.03 Å². The number of carbonyl (C=O) groups is 2. The highest BCUT2D eigenvalue weighted by Gasteiger charge is 2.09. The molecule has 0 radical (unpaired) electrons. The molecule has 1 atom stereocenters. The smallest absolute Gasteiger partial charge is 0.316 e. The summed E-state index contributed by atoms with van der Waals surface area (Å²) in [5.74, 6) is -0.303. The van der Waals surface area contributed by atoms with Gasteiger partial charge in [-0.3, -0.25) is 4.79 Å². The second kappa shape index (κ2) is 8.34. The van der Waals surface area contributed by atoms with Gasteiger partial charge in [-0.05, 0) is 17.7 Å². The van der Waals surface area contributed by atoms with E-state index in [1.165, 1.54) is 0 Å². The molecule has 0 saturated heterocycles. The Labute approximate surface area is 118 Å². The van der Waals surface area contributed by atoms with Crippen LogP contribution in [0.2, 0.25) is 0 Å². The lowest BCUT2D eigenvalue weighted by Gasteiger charge is -2.10. The molecule has 6 N–H and O–H groups in total. The second-order valence-corrected chi connectivity index (χ2v) is 4.04. The van der Waals surface area contributed by atoms with Crippen LogP contribution in [-0.2, 0) is 11.3 Å². The van der Waals surface area contributed by atoms with Gasteiger partial charge in [0.2, 0.25) is 5.91 Å². The zero-order valence-corrected chi connectivity index (χ0v) is 11.5. The Kier molecular flexibility index (Phi) is 7.55. The second-order valence-electron chi connectivity index (χ2n) is 4.04. The lowest BCUT2D eigenvalue weighted by Crippen LogP contribution is -2.32. The maximum atomic E-state index is 11.5. The van der Waals surface area contributed by atoms with Gasteiger partial charge in [0.1, 0.15) is 0 Å². The summed E-state index contributed by atoms with van der Waals surface area (Å²) in [5, 5.41) is 5.24. The molecular formula is C12H19ClN4O2. The maximum Gasteiger partial charge on any atom is 0.316 e. The molecule has 1 aromatic carbocycles. The normalized spacial score (nSPS) is 11.1. The van der Waals surface area contributed by atoms with Crippen molar-refractivity contribution in [2.24, 2.45) is 17.4 Å². The van der Waals surface area contributed by atoms with E-state index in [4.69, 9.17) is 11.5 Å². The molecule has 6 nitrogen and oxygen atoms in total. The van der Waals surface area contributed by atoms with Crippen molar-refractivity contribution in [2.75, 3.05) is 11.9 Å². The molecule has 1 unspecified atom stereocenters. The Morgan fingerprint density at radius 1 is 1.37 bits per heavy atom. The number of carbonyl (C=O) groups excluding carboxylic acids is 2. The van der Waals surface area contributed by atoms with Crippen LogP contribution in [-0.4, -0.2) is 18.5 Å². The number of halogens is 1. The number of hydrogen-bond donors (Lipinski definition) is 4. The predicted octanol–water partition coefficient (Wildman–Crippen LogP) is 0.810. The molecule has 106 valence electrons. The largest absolute Gasteiger partial charge is 0.352 e. The van der Waals surface area contributed by atoms with Crippen molar-refractivity contribution >= 4 is 30.0 Å². The zero-order valence-electron chi connectivity index (χ0n) is 10.7. The van der Waals surface area contributed by atoms with Gasteiger partial charge in [0.15, 0.2) is 0 Å². The van der Waals surface area contributed by atoms with Crippen LogP contribution >= 0.6 is 12.4 Å². The SMILES string of the molecule is CC(CN)C(=O)NCc1cccc(NC(N)=O)c1.Cl. The van der Waals surface area contributed by atoms with Gasteiger partial charge < -0.3 is 22.1 Å². The minimum Gasteiger partial charge on any atom is -0.352 e. The van der Waals surface area contributed by atoms with E-state index in [1.807, 2.05) is 6.07 Å². The van der Waals surface area contributed by atoms with Gasteiger partial charge in [0, 0.05) is 24.7 Å². The summed E-state index contributed by atoms with van der Waals surface area (Å²) in [6, 6.07) is 6.48. The molecule has 1 rings (SSSR count). The Balaban J connectivity index is 0.00000324. The number of urea groups is 1. The molecule has 0 saturated carbocycles. The number of hydrogen-bond acceptors (Lipinski definition) is 3. The highest BCUT2D eigenvalue weighted by Crippen LogP contribution is 2.10. The van der Waals surface area contributed by atoms with Crippen LogP contribution < -0.4 is 22.1 Å². The van der Waals surface area contributed by atoms with Crippen molar-refractivity contribution in [1.82, 2.24) is 5.32 Å². The molecule has 0 aromatic heterocycles. The van der Waals surface area contributed by atoms with Crippen LogP contribution in [0.1, 0.15) is 12.5 Å². The molecule has 0 heterocycles. The van der Waals surface area contributed by atoms with Gasteiger partial charge in [0.05, 0.1) is 0 Å². The highest BCUT2D eigenvalue weighted by atomic mass is 35.5. The molecule has 0 spiro atoms. The lowest BCUT2D eigenvalue weighted by atomic mass is 10.1. The lowest BCUT2D eigenvalue weighted by molar-refractivity contribution is -0.124. The average molecular weight is 287 g/mol. The topological polar surface area (TPSA) is 110 Å². The summed E-state index contributed by atoms with van der Waals surface area (Å²) in [6.45, 7) is 2.47. The highest BCUT2D eigenvalue weighted by molar-refractivity contribution is 5.87. The van der Waals surface area contributed by atoms with E-state index in [9.17, 15) is 9.59 Å². The number of nitrogens with two attached hydrogens (primary N) is 2. The Morgan fingerprint density at radius 2 is 2.05 bits per heavy atom. The number of amides is 3. The van der Waals surface area contributed by atoms with Gasteiger partial charge in [-0.2, -0.15) is 0 Å². The van der Waals surface area contributed by atoms with Crippen molar-refractivity contribution in [3.05, 3.63) is 29.8 Å². The third kappa shape index (κ3) is 6.08. The molecule has 1 aromatic rings. The summed E-state index contributed by atoms with van der Waals surface area (Å²) in [7, 11) is 0. The predicted molar refractivity (Wildman–Crippen MR) is 77.0 cm³/mol. The van der Waals surface area contributed by atoms with E-state index >= 15 is 0 Å². The average Bonchev–Trinajstić information content (AvgIpc) is 2.34. The van der Waals surface area contributed by atoms with Crippen molar-refractivity contribution in [2.45, 2.75) is 13.5 Å². The molecule has 0 aliphatic rings. The number of anilines is 1. The molecule has 7 heteroatoms. The molecular weight excluding hydrogens is 268 g/mol. The van der Waals surface area contributed by atoms with E-state index in [0.29, 0.717) is 18.8 Å². The van der Waals surface area contributed by atoms with E-state index in [-0.39, 0.29) is 24.2 Å². The van der Waals surface area contributed by atoms with Crippen LogP contribution in [0.5, 0.6) is 0 Å². The Hall–Kier alpha value is -1.79. The Bertz CT molecular complexity index is 439. The van der Waals surface area contributed by atoms with Gasteiger partial charge in [-0.1, -0.05) is 19.1 Å². The van der Waals surface area contributed by atoms with Crippen molar-refractivity contribution < 1.29 is 9.59 Å². The number of nitrogens with one attached hydrogen (secondary N) is 2. The third-order valence-corrected chi connectivity index (χ3v) is 2.46. The first-order valence-corrected chi connectivity index (χ1v) is 5.66. The summed E-state index contributed by atoms with van der Waals surface area (Å²) in [4.78, 5) is 22.2. The summed E-state index contributed by atoms with van der Waals surface area (Å²) < 4.78 is 0. The minimum absolute atomic E-state index is 0. The van der Waals surface area contributed by atoms with Crippen molar-refractivity contribution in [3.8, 4) is 0 Å². The van der Waals surface area contributed by atoms with E-state index in [2.05, 4.69) is 10.6 Å². The maximum absolute atomic E-state index is 11.5. The van der Waals surface area contributed by atoms with E-state index in [1.54, 1.807) is 25.1 Å². The minimum atomic E-state index is -0.618. The third-order valence-electron chi connectivity index (χ3n) is 2.46. The first-order chi connectivity index (χ1) is 8.52. The molecule has 19 heavy (non-hydrogen) atoms. The van der Waals surface area contributed by atoms with E-state index < -0.39 is 6.03 Å². The molecule has 0 aliphatic carbocycles.